The highest BCUT2D eigenvalue weighted by atomic mass is 16.5. The molecule has 0 saturated carbocycles. The number of imide groups is 1. The van der Waals surface area contributed by atoms with Crippen LogP contribution in [0.3, 0.4) is 0 Å². The number of nitrogens with zero attached hydrogens (tertiary/aromatic N) is 4. The third-order valence-electron chi connectivity index (χ3n) is 4.07. The zero-order valence-electron chi connectivity index (χ0n) is 14.0. The summed E-state index contributed by atoms with van der Waals surface area (Å²) in [4.78, 5) is 31.7. The minimum Gasteiger partial charge on any atom is -0.383 e. The first-order valence-corrected chi connectivity index (χ1v) is 7.87. The molecule has 1 aromatic rings. The number of nitrogens with one attached hydrogen (secondary N) is 2. The highest BCUT2D eigenvalue weighted by Crippen LogP contribution is 2.22. The van der Waals surface area contributed by atoms with Crippen LogP contribution >= 0.6 is 0 Å². The second-order valence-corrected chi connectivity index (χ2v) is 5.68. The van der Waals surface area contributed by atoms with Gasteiger partial charge < -0.3 is 14.5 Å². The molecule has 2 N–H and O–H groups in total. The molecule has 0 spiro atoms. The lowest BCUT2D eigenvalue weighted by Crippen LogP contribution is -2.64. The average molecular weight is 344 g/mol. The average Bonchev–Trinajstić information content (AvgIpc) is 2.98. The Balaban J connectivity index is 1.78. The minimum atomic E-state index is -0.604. The minimum absolute atomic E-state index is 0.378. The van der Waals surface area contributed by atoms with Gasteiger partial charge in [0.1, 0.15) is 0 Å². The predicted octanol–water partition coefficient (Wildman–Crippen LogP) is -0.196. The Kier molecular flexibility index (Phi) is 4.94. The second kappa shape index (κ2) is 7.31. The molecule has 2 unspecified atom stereocenters. The van der Waals surface area contributed by atoms with Crippen molar-refractivity contribution in [2.24, 2.45) is 10.1 Å². The largest absolute Gasteiger partial charge is 0.383 e. The summed E-state index contributed by atoms with van der Waals surface area (Å²) in [6.45, 7) is 0.858. The Morgan fingerprint density at radius 3 is 2.84 bits per heavy atom. The molecule has 0 bridgehead atoms. The van der Waals surface area contributed by atoms with E-state index in [1.54, 1.807) is 25.3 Å². The maximum atomic E-state index is 12.3. The summed E-state index contributed by atoms with van der Waals surface area (Å²) in [5.41, 5.74) is 3.80. The van der Waals surface area contributed by atoms with E-state index in [9.17, 15) is 9.59 Å². The van der Waals surface area contributed by atoms with Crippen molar-refractivity contribution >= 4 is 24.1 Å². The van der Waals surface area contributed by atoms with Crippen molar-refractivity contribution in [1.29, 1.82) is 0 Å². The number of carbonyl (C=O) groups is 2. The van der Waals surface area contributed by atoms with Gasteiger partial charge in [-0.25, -0.2) is 15.2 Å². The summed E-state index contributed by atoms with van der Waals surface area (Å²) in [6.07, 6.45) is 1.07. The van der Waals surface area contributed by atoms with Gasteiger partial charge in [-0.1, -0.05) is 30.3 Å². The Labute approximate surface area is 145 Å². The van der Waals surface area contributed by atoms with Crippen LogP contribution in [0.5, 0.6) is 0 Å². The van der Waals surface area contributed by atoms with E-state index in [2.05, 4.69) is 20.8 Å². The lowest BCUT2D eigenvalue weighted by atomic mass is 10.1. The molecule has 1 saturated heterocycles. The van der Waals surface area contributed by atoms with E-state index in [1.807, 2.05) is 30.3 Å². The highest BCUT2D eigenvalue weighted by Gasteiger charge is 2.48. The monoisotopic (exact) mass is 344 g/mol. The lowest BCUT2D eigenvalue weighted by molar-refractivity contribution is -0.127. The number of carbonyl (C=O) groups excluding carboxylic acids is 2. The molecule has 25 heavy (non-hydrogen) atoms. The Hall–Kier alpha value is -2.94. The van der Waals surface area contributed by atoms with Crippen molar-refractivity contribution in [1.82, 2.24) is 20.5 Å². The molecular weight excluding hydrogens is 324 g/mol. The fourth-order valence-electron chi connectivity index (χ4n) is 2.76. The normalized spacial score (nSPS) is 22.9. The van der Waals surface area contributed by atoms with Crippen molar-refractivity contribution in [2.45, 2.75) is 12.2 Å². The number of urea groups is 1. The Morgan fingerprint density at radius 2 is 2.12 bits per heavy atom. The van der Waals surface area contributed by atoms with Crippen molar-refractivity contribution in [2.75, 3.05) is 27.3 Å². The number of hydrazone groups is 1. The molecule has 2 aliphatic heterocycles. The first kappa shape index (κ1) is 16.9. The van der Waals surface area contributed by atoms with E-state index in [0.29, 0.717) is 19.1 Å². The van der Waals surface area contributed by atoms with Crippen molar-refractivity contribution in [3.8, 4) is 0 Å². The third-order valence-corrected chi connectivity index (χ3v) is 4.07. The van der Waals surface area contributed by atoms with Gasteiger partial charge in [0.15, 0.2) is 12.2 Å². The molecule has 2 aliphatic rings. The Bertz CT molecular complexity index is 705. The summed E-state index contributed by atoms with van der Waals surface area (Å²) in [7, 11) is 3.19. The van der Waals surface area contributed by atoms with Crippen LogP contribution in [0, 0.1) is 0 Å². The number of guanidine groups is 1. The number of likely N-dealkylation sites (N-methyl/N-ethyl adjacent to an activating group) is 1. The number of methoxy groups -OCH3 is 1. The van der Waals surface area contributed by atoms with Gasteiger partial charge in [-0.2, -0.15) is 5.10 Å². The van der Waals surface area contributed by atoms with Crippen LogP contribution in [0.15, 0.2) is 40.4 Å². The second-order valence-electron chi connectivity index (χ2n) is 5.68. The summed E-state index contributed by atoms with van der Waals surface area (Å²) < 4.78 is 5.11. The number of hydrogen-bond acceptors (Lipinski definition) is 7. The van der Waals surface area contributed by atoms with Crippen LogP contribution in [-0.4, -0.2) is 73.4 Å². The van der Waals surface area contributed by atoms with Gasteiger partial charge in [0.2, 0.25) is 5.96 Å². The summed E-state index contributed by atoms with van der Waals surface area (Å²) in [5.74, 6) is 0.0488. The van der Waals surface area contributed by atoms with Gasteiger partial charge in [0, 0.05) is 20.7 Å². The molecule has 1 fully saturated rings. The number of hydrogen-bond donors (Lipinski definition) is 2. The topological polar surface area (TPSA) is 98.6 Å². The van der Waals surface area contributed by atoms with Gasteiger partial charge >= 0.3 is 6.03 Å². The maximum Gasteiger partial charge on any atom is 0.325 e. The summed E-state index contributed by atoms with van der Waals surface area (Å²) in [6, 6.07) is 8.53. The fraction of sp³-hybridized carbons (Fsp3) is 0.375. The highest BCUT2D eigenvalue weighted by molar-refractivity contribution is 6.03. The molecule has 9 nitrogen and oxygen atoms in total. The summed E-state index contributed by atoms with van der Waals surface area (Å²) in [5, 5.41) is 6.52. The van der Waals surface area contributed by atoms with Crippen molar-refractivity contribution in [3.63, 3.8) is 0 Å². The molecule has 1 aromatic carbocycles. The smallest absolute Gasteiger partial charge is 0.325 e. The molecule has 3 amide bonds. The molecule has 2 heterocycles. The number of rotatable bonds is 5. The van der Waals surface area contributed by atoms with E-state index < -0.39 is 18.2 Å². The number of ether oxygens (including phenoxy) is 1. The predicted molar refractivity (Wildman–Crippen MR) is 92.1 cm³/mol. The maximum absolute atomic E-state index is 12.3. The first-order chi connectivity index (χ1) is 12.1. The quantitative estimate of drug-likeness (QED) is 0.570. The van der Waals surface area contributed by atoms with E-state index in [1.165, 1.54) is 4.90 Å². The molecule has 0 aromatic heterocycles. The lowest BCUT2D eigenvalue weighted by Gasteiger charge is -2.35. The zero-order valence-corrected chi connectivity index (χ0v) is 14.0. The molecule has 3 rings (SSSR count). The molecule has 2 atom stereocenters. The fourth-order valence-corrected chi connectivity index (χ4v) is 2.76. The standard InChI is InChI=1S/C16H20N6O3/c1-21-13-12(14(23)19-16(21)24)22(8-9-25-2)15(18-13)20-17-10-11-6-4-3-5-7-11/h3-7,10,12-13H,8-9H2,1-2H3,(H,18,20)(H,19,23,24). The van der Waals surface area contributed by atoms with Gasteiger partial charge in [-0.05, 0) is 5.56 Å². The van der Waals surface area contributed by atoms with Crippen molar-refractivity contribution in [3.05, 3.63) is 35.9 Å². The molecule has 9 heteroatoms. The van der Waals surface area contributed by atoms with E-state index in [-0.39, 0.29) is 5.91 Å². The SMILES string of the molecule is COCCN1C(NN=Cc2ccccc2)=NC2C1C(=O)NC(=O)N2C. The zero-order chi connectivity index (χ0) is 17.8. The van der Waals surface area contributed by atoms with Crippen LogP contribution in [0.4, 0.5) is 4.79 Å². The molecule has 0 radical (unpaired) electrons. The number of fused-ring (bicyclic) bond motifs is 1. The van der Waals surface area contributed by atoms with Crippen LogP contribution in [0.25, 0.3) is 0 Å². The van der Waals surface area contributed by atoms with Crippen LogP contribution in [0.2, 0.25) is 0 Å². The van der Waals surface area contributed by atoms with E-state index in [4.69, 9.17) is 4.74 Å². The molecule has 132 valence electrons. The molecular formula is C16H20N6O3. The van der Waals surface area contributed by atoms with Gasteiger partial charge in [-0.3, -0.25) is 10.1 Å². The van der Waals surface area contributed by atoms with Crippen LogP contribution < -0.4 is 10.7 Å². The van der Waals surface area contributed by atoms with Crippen molar-refractivity contribution < 1.29 is 14.3 Å². The molecule has 0 aliphatic carbocycles. The number of amides is 3. The summed E-state index contributed by atoms with van der Waals surface area (Å²) >= 11 is 0. The third kappa shape index (κ3) is 3.45. The van der Waals surface area contributed by atoms with Gasteiger partial charge in [0.25, 0.3) is 5.91 Å². The van der Waals surface area contributed by atoms with Crippen LogP contribution in [0.1, 0.15) is 5.56 Å². The first-order valence-electron chi connectivity index (χ1n) is 7.87. The number of aliphatic imine (C=N–C) groups is 1. The van der Waals surface area contributed by atoms with Gasteiger partial charge in [0.05, 0.1) is 12.8 Å². The van der Waals surface area contributed by atoms with E-state index >= 15 is 0 Å². The van der Waals surface area contributed by atoms with Gasteiger partial charge in [-0.15, -0.1) is 0 Å². The number of benzene rings is 1. The van der Waals surface area contributed by atoms with E-state index in [0.717, 1.165) is 5.56 Å². The van der Waals surface area contributed by atoms with Crippen LogP contribution in [-0.2, 0) is 9.53 Å². The Morgan fingerprint density at radius 1 is 1.36 bits per heavy atom.